The van der Waals surface area contributed by atoms with Gasteiger partial charge in [0, 0.05) is 5.56 Å². The number of halogens is 3. The molecule has 1 aliphatic rings. The molecule has 0 heterocycles. The molecule has 0 saturated carbocycles. The maximum atomic E-state index is 12.7. The van der Waals surface area contributed by atoms with Crippen molar-refractivity contribution in [3.8, 4) is 0 Å². The molecule has 1 aromatic carbocycles. The number of carbonyl (C=O) groups excluding carboxylic acids is 1. The van der Waals surface area contributed by atoms with E-state index in [0.29, 0.717) is 5.56 Å². The molecule has 0 bridgehead atoms. The van der Waals surface area contributed by atoms with E-state index in [4.69, 9.17) is 0 Å². The molecule has 4 heteroatoms. The van der Waals surface area contributed by atoms with Crippen molar-refractivity contribution in [3.05, 3.63) is 35.4 Å². The first-order chi connectivity index (χ1) is 6.86. The van der Waals surface area contributed by atoms with Gasteiger partial charge >= 0.3 is 6.18 Å². The highest BCUT2D eigenvalue weighted by Gasteiger charge is 2.59. The van der Waals surface area contributed by atoms with Gasteiger partial charge in [-0.2, -0.15) is 13.2 Å². The highest BCUT2D eigenvalue weighted by Crippen LogP contribution is 2.47. The SMILES string of the molecule is CC1(C(F)(F)F)Cc2ccccc2C1=O. The number of fused-ring (bicyclic) bond motifs is 1. The molecule has 1 aliphatic carbocycles. The fraction of sp³-hybridized carbons (Fsp3) is 0.364. The Hall–Kier alpha value is -1.32. The maximum Gasteiger partial charge on any atom is 0.401 e. The molecule has 0 radical (unpaired) electrons. The Bertz CT molecular complexity index is 422. The van der Waals surface area contributed by atoms with Crippen molar-refractivity contribution < 1.29 is 18.0 Å². The normalized spacial score (nSPS) is 25.5. The summed E-state index contributed by atoms with van der Waals surface area (Å²) in [5, 5.41) is 0. The smallest absolute Gasteiger partial charge is 0.293 e. The molecule has 80 valence electrons. The Kier molecular flexibility index (Phi) is 1.93. The predicted octanol–water partition coefficient (Wildman–Crippen LogP) is 2.99. The number of rotatable bonds is 0. The van der Waals surface area contributed by atoms with Crippen molar-refractivity contribution in [2.24, 2.45) is 5.41 Å². The quantitative estimate of drug-likeness (QED) is 0.648. The number of carbonyl (C=O) groups is 1. The molecule has 0 spiro atoms. The van der Waals surface area contributed by atoms with Crippen LogP contribution in [0.5, 0.6) is 0 Å². The summed E-state index contributed by atoms with van der Waals surface area (Å²) in [5.41, 5.74) is -1.55. The predicted molar refractivity (Wildman–Crippen MR) is 48.6 cm³/mol. The van der Waals surface area contributed by atoms with Crippen LogP contribution in [0.4, 0.5) is 13.2 Å². The number of Topliss-reactive ketones (excluding diaryl/α,β-unsaturated/α-hetero) is 1. The van der Waals surface area contributed by atoms with Gasteiger partial charge in [0.1, 0.15) is 5.41 Å². The zero-order chi connectivity index (χ0) is 11.3. The molecule has 0 aromatic heterocycles. The Labute approximate surface area is 84.9 Å². The molecule has 0 aliphatic heterocycles. The van der Waals surface area contributed by atoms with Gasteiger partial charge in [0.05, 0.1) is 0 Å². The summed E-state index contributed by atoms with van der Waals surface area (Å²) in [7, 11) is 0. The van der Waals surface area contributed by atoms with E-state index in [2.05, 4.69) is 0 Å². The van der Waals surface area contributed by atoms with Crippen molar-refractivity contribution in [3.63, 3.8) is 0 Å². The van der Waals surface area contributed by atoms with Gasteiger partial charge in [0.15, 0.2) is 5.78 Å². The van der Waals surface area contributed by atoms with E-state index >= 15 is 0 Å². The summed E-state index contributed by atoms with van der Waals surface area (Å²) in [6.45, 7) is 0.968. The van der Waals surface area contributed by atoms with Crippen molar-refractivity contribution in [1.29, 1.82) is 0 Å². The largest absolute Gasteiger partial charge is 0.401 e. The van der Waals surface area contributed by atoms with Crippen LogP contribution in [0.1, 0.15) is 22.8 Å². The minimum absolute atomic E-state index is 0.206. The van der Waals surface area contributed by atoms with E-state index in [-0.39, 0.29) is 12.0 Å². The molecule has 15 heavy (non-hydrogen) atoms. The van der Waals surface area contributed by atoms with E-state index in [0.717, 1.165) is 6.92 Å². The number of ketones is 1. The maximum absolute atomic E-state index is 12.7. The summed E-state index contributed by atoms with van der Waals surface area (Å²) in [6, 6.07) is 6.26. The molecular weight excluding hydrogens is 205 g/mol. The molecule has 1 unspecified atom stereocenters. The third kappa shape index (κ3) is 1.28. The Balaban J connectivity index is 2.52. The van der Waals surface area contributed by atoms with Crippen LogP contribution < -0.4 is 0 Å². The van der Waals surface area contributed by atoms with Gasteiger partial charge in [-0.3, -0.25) is 4.79 Å². The minimum atomic E-state index is -4.48. The summed E-state index contributed by atoms with van der Waals surface area (Å²) >= 11 is 0. The lowest BCUT2D eigenvalue weighted by molar-refractivity contribution is -0.196. The number of hydrogen-bond acceptors (Lipinski definition) is 1. The summed E-state index contributed by atoms with van der Waals surface area (Å²) < 4.78 is 38.2. The van der Waals surface area contributed by atoms with Crippen LogP contribution in [0.3, 0.4) is 0 Å². The molecule has 0 fully saturated rings. The second kappa shape index (κ2) is 2.84. The second-order valence-corrected chi connectivity index (χ2v) is 3.99. The average Bonchev–Trinajstić information content (AvgIpc) is 2.40. The lowest BCUT2D eigenvalue weighted by Gasteiger charge is -2.24. The summed E-state index contributed by atoms with van der Waals surface area (Å²) in [4.78, 5) is 11.6. The van der Waals surface area contributed by atoms with E-state index in [1.54, 1.807) is 18.2 Å². The third-order valence-electron chi connectivity index (χ3n) is 2.93. The zero-order valence-corrected chi connectivity index (χ0v) is 8.06. The monoisotopic (exact) mass is 214 g/mol. The van der Waals surface area contributed by atoms with Gasteiger partial charge in [-0.15, -0.1) is 0 Å². The molecule has 0 N–H and O–H groups in total. The van der Waals surface area contributed by atoms with E-state index in [1.807, 2.05) is 0 Å². The Morgan fingerprint density at radius 2 is 1.87 bits per heavy atom. The van der Waals surface area contributed by atoms with Crippen LogP contribution in [-0.4, -0.2) is 12.0 Å². The molecule has 0 saturated heterocycles. The minimum Gasteiger partial charge on any atom is -0.293 e. The van der Waals surface area contributed by atoms with Crippen LogP contribution in [-0.2, 0) is 6.42 Å². The van der Waals surface area contributed by atoms with Crippen molar-refractivity contribution in [1.82, 2.24) is 0 Å². The molecule has 1 nitrogen and oxygen atoms in total. The molecule has 1 aromatic rings. The standard InChI is InChI=1S/C11H9F3O/c1-10(11(12,13)14)6-7-4-2-3-5-8(7)9(10)15/h2-5H,6H2,1H3. The van der Waals surface area contributed by atoms with Crippen LogP contribution in [0.15, 0.2) is 24.3 Å². The molecule has 2 rings (SSSR count). The Morgan fingerprint density at radius 1 is 1.27 bits per heavy atom. The van der Waals surface area contributed by atoms with Gasteiger partial charge in [0.25, 0.3) is 0 Å². The van der Waals surface area contributed by atoms with Gasteiger partial charge in [0.2, 0.25) is 0 Å². The van der Waals surface area contributed by atoms with Crippen molar-refractivity contribution in [2.75, 3.05) is 0 Å². The van der Waals surface area contributed by atoms with E-state index < -0.39 is 17.4 Å². The number of alkyl halides is 3. The van der Waals surface area contributed by atoms with E-state index in [9.17, 15) is 18.0 Å². The van der Waals surface area contributed by atoms with Crippen LogP contribution >= 0.6 is 0 Å². The van der Waals surface area contributed by atoms with Gasteiger partial charge in [-0.05, 0) is 18.9 Å². The fourth-order valence-electron chi connectivity index (χ4n) is 1.88. The summed E-state index contributed by atoms with van der Waals surface area (Å²) in [6.07, 6.45) is -4.73. The lowest BCUT2D eigenvalue weighted by Crippen LogP contribution is -2.40. The van der Waals surface area contributed by atoms with Crippen molar-refractivity contribution >= 4 is 5.78 Å². The highest BCUT2D eigenvalue weighted by molar-refractivity contribution is 6.05. The zero-order valence-electron chi connectivity index (χ0n) is 8.06. The highest BCUT2D eigenvalue weighted by atomic mass is 19.4. The summed E-state index contributed by atoms with van der Waals surface area (Å²) in [5.74, 6) is -0.814. The van der Waals surface area contributed by atoms with Gasteiger partial charge in [-0.1, -0.05) is 24.3 Å². The second-order valence-electron chi connectivity index (χ2n) is 3.99. The average molecular weight is 214 g/mol. The fourth-order valence-corrected chi connectivity index (χ4v) is 1.88. The number of hydrogen-bond donors (Lipinski definition) is 0. The first kappa shape index (κ1) is 10.2. The molecule has 1 atom stereocenters. The first-order valence-electron chi connectivity index (χ1n) is 4.56. The third-order valence-corrected chi connectivity index (χ3v) is 2.93. The van der Waals surface area contributed by atoms with Crippen LogP contribution in [0.2, 0.25) is 0 Å². The Morgan fingerprint density at radius 3 is 2.40 bits per heavy atom. The van der Waals surface area contributed by atoms with Crippen molar-refractivity contribution in [2.45, 2.75) is 19.5 Å². The van der Waals surface area contributed by atoms with Crippen LogP contribution in [0, 0.1) is 5.41 Å². The first-order valence-corrected chi connectivity index (χ1v) is 4.56. The molecule has 0 amide bonds. The number of benzene rings is 1. The van der Waals surface area contributed by atoms with Gasteiger partial charge in [-0.25, -0.2) is 0 Å². The van der Waals surface area contributed by atoms with E-state index in [1.165, 1.54) is 6.07 Å². The molecular formula is C11H9F3O. The lowest BCUT2D eigenvalue weighted by atomic mass is 9.85. The van der Waals surface area contributed by atoms with Crippen LogP contribution in [0.25, 0.3) is 0 Å². The van der Waals surface area contributed by atoms with Gasteiger partial charge < -0.3 is 0 Å². The topological polar surface area (TPSA) is 17.1 Å².